The molecule has 2 heterocycles. The van der Waals surface area contributed by atoms with Crippen molar-refractivity contribution in [1.29, 1.82) is 0 Å². The van der Waals surface area contributed by atoms with E-state index in [0.717, 1.165) is 0 Å². The predicted octanol–water partition coefficient (Wildman–Crippen LogP) is 2.33. The Balaban J connectivity index is 2.02. The fourth-order valence-corrected chi connectivity index (χ4v) is 2.32. The molecule has 0 aliphatic heterocycles. The van der Waals surface area contributed by atoms with E-state index in [4.69, 9.17) is 25.8 Å². The molecule has 28 heavy (non-hydrogen) atoms. The molecule has 3 aromatic rings. The van der Waals surface area contributed by atoms with Gasteiger partial charge in [0.15, 0.2) is 28.8 Å². The quantitative estimate of drug-likeness (QED) is 0.447. The van der Waals surface area contributed by atoms with Crippen LogP contribution in [0.25, 0.3) is 11.6 Å². The zero-order chi connectivity index (χ0) is 19.9. The lowest BCUT2D eigenvalue weighted by Crippen LogP contribution is -2.19. The Morgan fingerprint density at radius 2 is 1.82 bits per heavy atom. The molecule has 1 unspecified atom stereocenters. The zero-order valence-electron chi connectivity index (χ0n) is 14.7. The number of nitrogens with zero attached hydrogens (tertiary/aromatic N) is 4. The number of rotatable bonds is 8. The van der Waals surface area contributed by atoms with Gasteiger partial charge in [0.2, 0.25) is 11.6 Å². The van der Waals surface area contributed by atoms with Crippen molar-refractivity contribution >= 4 is 17.9 Å². The van der Waals surface area contributed by atoms with E-state index < -0.39 is 6.10 Å². The Kier molecular flexibility index (Phi) is 6.30. The molecule has 0 saturated carbocycles. The van der Waals surface area contributed by atoms with Crippen LogP contribution in [0.5, 0.6) is 23.1 Å². The fraction of sp³-hybridized carbons (Fsp3) is 0.167. The Morgan fingerprint density at radius 3 is 2.50 bits per heavy atom. The molecule has 0 spiro atoms. The van der Waals surface area contributed by atoms with Crippen molar-refractivity contribution in [1.82, 2.24) is 19.9 Å². The van der Waals surface area contributed by atoms with E-state index in [1.807, 2.05) is 0 Å². The van der Waals surface area contributed by atoms with Crippen LogP contribution in [0.4, 0.5) is 0 Å². The van der Waals surface area contributed by atoms with Gasteiger partial charge >= 0.3 is 0 Å². The lowest BCUT2D eigenvalue weighted by atomic mass is 10.3. The smallest absolute Gasteiger partial charge is 0.263 e. The maximum Gasteiger partial charge on any atom is 0.263 e. The number of methoxy groups -OCH3 is 1. The first kappa shape index (κ1) is 19.5. The van der Waals surface area contributed by atoms with E-state index in [1.165, 1.54) is 19.5 Å². The summed E-state index contributed by atoms with van der Waals surface area (Å²) in [6.45, 7) is -0.353. The number of benzene rings is 1. The second-order valence-corrected chi connectivity index (χ2v) is 5.67. The van der Waals surface area contributed by atoms with E-state index in [0.29, 0.717) is 17.8 Å². The molecule has 0 aliphatic carbocycles. The number of carbonyl (C=O) groups excluding carboxylic acids is 1. The molecule has 3 rings (SSSR count). The Hall–Kier alpha value is -3.30. The number of aldehydes is 1. The van der Waals surface area contributed by atoms with Crippen molar-refractivity contribution in [3.05, 3.63) is 47.9 Å². The maximum absolute atomic E-state index is 10.7. The summed E-state index contributed by atoms with van der Waals surface area (Å²) in [5, 5.41) is 9.41. The van der Waals surface area contributed by atoms with Gasteiger partial charge < -0.3 is 24.1 Å². The molecule has 0 aliphatic rings. The summed E-state index contributed by atoms with van der Waals surface area (Å²) in [5.74, 6) is 1.01. The van der Waals surface area contributed by atoms with E-state index in [2.05, 4.69) is 19.9 Å². The largest absolute Gasteiger partial charge is 0.493 e. The van der Waals surface area contributed by atoms with Crippen LogP contribution in [-0.4, -0.2) is 51.1 Å². The van der Waals surface area contributed by atoms with Gasteiger partial charge in [0.05, 0.1) is 7.11 Å². The van der Waals surface area contributed by atoms with Gasteiger partial charge in [0.25, 0.3) is 5.88 Å². The molecule has 0 saturated heterocycles. The minimum atomic E-state index is -1.34. The Bertz CT molecular complexity index is 958. The summed E-state index contributed by atoms with van der Waals surface area (Å²) in [6, 6.07) is 8.52. The van der Waals surface area contributed by atoms with Gasteiger partial charge in [-0.15, -0.1) is 0 Å². The molecule has 144 valence electrons. The molecular weight excluding hydrogens is 388 g/mol. The van der Waals surface area contributed by atoms with E-state index >= 15 is 0 Å². The molecule has 2 aromatic heterocycles. The van der Waals surface area contributed by atoms with Gasteiger partial charge in [-0.05, 0) is 18.2 Å². The zero-order valence-corrected chi connectivity index (χ0v) is 15.4. The van der Waals surface area contributed by atoms with Crippen molar-refractivity contribution in [2.24, 2.45) is 0 Å². The molecule has 1 atom stereocenters. The predicted molar refractivity (Wildman–Crippen MR) is 98.7 cm³/mol. The molecule has 0 bridgehead atoms. The van der Waals surface area contributed by atoms with Crippen LogP contribution in [0.2, 0.25) is 5.15 Å². The van der Waals surface area contributed by atoms with Crippen molar-refractivity contribution in [3.63, 3.8) is 0 Å². The summed E-state index contributed by atoms with van der Waals surface area (Å²) >= 11 is 6.29. The number of carbonyl (C=O) groups is 1. The van der Waals surface area contributed by atoms with Crippen molar-refractivity contribution in [3.8, 4) is 34.8 Å². The number of hydrogen-bond acceptors (Lipinski definition) is 9. The molecule has 1 N–H and O–H groups in total. The van der Waals surface area contributed by atoms with Crippen LogP contribution in [0, 0.1) is 0 Å². The number of para-hydroxylation sites is 2. The van der Waals surface area contributed by atoms with Crippen molar-refractivity contribution < 1.29 is 24.1 Å². The third-order valence-corrected chi connectivity index (χ3v) is 3.64. The summed E-state index contributed by atoms with van der Waals surface area (Å²) in [6.07, 6.45) is 2.04. The molecule has 9 nitrogen and oxygen atoms in total. The number of aliphatic hydroxyl groups excluding tert-OH is 1. The molecule has 1 aromatic carbocycles. The molecule has 10 heteroatoms. The number of hydrogen-bond donors (Lipinski definition) is 1. The lowest BCUT2D eigenvalue weighted by molar-refractivity contribution is -0.116. The highest BCUT2D eigenvalue weighted by Gasteiger charge is 2.21. The first-order valence-corrected chi connectivity index (χ1v) is 8.42. The van der Waals surface area contributed by atoms with Crippen LogP contribution < -0.4 is 14.2 Å². The highest BCUT2D eigenvalue weighted by Crippen LogP contribution is 2.40. The van der Waals surface area contributed by atoms with Gasteiger partial charge in [-0.25, -0.2) is 15.0 Å². The van der Waals surface area contributed by atoms with Gasteiger partial charge in [-0.1, -0.05) is 23.7 Å². The average molecular weight is 403 g/mol. The third kappa shape index (κ3) is 4.51. The van der Waals surface area contributed by atoms with Crippen molar-refractivity contribution in [2.45, 2.75) is 6.10 Å². The summed E-state index contributed by atoms with van der Waals surface area (Å²) in [7, 11) is 1.49. The second kappa shape index (κ2) is 9.07. The maximum atomic E-state index is 10.7. The van der Waals surface area contributed by atoms with Crippen LogP contribution in [0.3, 0.4) is 0 Å². The second-order valence-electron chi connectivity index (χ2n) is 5.31. The number of aromatic nitrogens is 4. The Labute approximate surface area is 164 Å². The SMILES string of the molecule is COc1ccccc1Oc1c(Cl)nc(-c2ncccn2)nc1OCC(O)C=O. The summed E-state index contributed by atoms with van der Waals surface area (Å²) in [5.41, 5.74) is 0. The molecule has 0 fully saturated rings. The minimum Gasteiger partial charge on any atom is -0.493 e. The van der Waals surface area contributed by atoms with Crippen LogP contribution in [0.1, 0.15) is 0 Å². The van der Waals surface area contributed by atoms with E-state index in [-0.39, 0.29) is 35.0 Å². The van der Waals surface area contributed by atoms with Gasteiger partial charge in [-0.3, -0.25) is 0 Å². The first-order valence-electron chi connectivity index (χ1n) is 8.04. The van der Waals surface area contributed by atoms with Crippen LogP contribution in [-0.2, 0) is 4.79 Å². The Morgan fingerprint density at radius 1 is 1.11 bits per heavy atom. The standard InChI is InChI=1S/C18H15ClN4O5/c1-26-12-5-2-3-6-13(12)28-14-15(19)22-17(16-20-7-4-8-21-16)23-18(14)27-10-11(25)9-24/h2-9,11,25H,10H2,1H3. The van der Waals surface area contributed by atoms with E-state index in [9.17, 15) is 9.90 Å². The average Bonchev–Trinajstić information content (AvgIpc) is 2.74. The number of ether oxygens (including phenoxy) is 3. The molecular formula is C18H15ClN4O5. The number of aliphatic hydroxyl groups is 1. The van der Waals surface area contributed by atoms with Crippen molar-refractivity contribution in [2.75, 3.05) is 13.7 Å². The number of halogens is 1. The topological polar surface area (TPSA) is 117 Å². The summed E-state index contributed by atoms with van der Waals surface area (Å²) < 4.78 is 16.5. The highest BCUT2D eigenvalue weighted by atomic mass is 35.5. The monoisotopic (exact) mass is 402 g/mol. The van der Waals surface area contributed by atoms with Gasteiger partial charge in [0, 0.05) is 12.4 Å². The summed E-state index contributed by atoms with van der Waals surface area (Å²) in [4.78, 5) is 27.2. The lowest BCUT2D eigenvalue weighted by Gasteiger charge is -2.15. The fourth-order valence-electron chi connectivity index (χ4n) is 2.12. The van der Waals surface area contributed by atoms with Crippen LogP contribution >= 0.6 is 11.6 Å². The highest BCUT2D eigenvalue weighted by molar-refractivity contribution is 6.31. The first-order chi connectivity index (χ1) is 13.6. The normalized spacial score (nSPS) is 11.5. The van der Waals surface area contributed by atoms with Crippen LogP contribution in [0.15, 0.2) is 42.7 Å². The minimum absolute atomic E-state index is 0.0102. The van der Waals surface area contributed by atoms with Gasteiger partial charge in [0.1, 0.15) is 12.7 Å². The third-order valence-electron chi connectivity index (χ3n) is 3.39. The molecule has 0 radical (unpaired) electrons. The van der Waals surface area contributed by atoms with Gasteiger partial charge in [-0.2, -0.15) is 4.98 Å². The van der Waals surface area contributed by atoms with E-state index in [1.54, 1.807) is 30.3 Å². The molecule has 0 amide bonds.